The predicted molar refractivity (Wildman–Crippen MR) is 81.4 cm³/mol. The van der Waals surface area contributed by atoms with E-state index in [2.05, 4.69) is 5.43 Å². The highest BCUT2D eigenvalue weighted by Crippen LogP contribution is 2.29. The highest BCUT2D eigenvalue weighted by molar-refractivity contribution is 6.30. The number of nitrogens with zero attached hydrogens (tertiary/aromatic N) is 1. The van der Waals surface area contributed by atoms with E-state index in [0.717, 1.165) is 5.56 Å². The van der Waals surface area contributed by atoms with Gasteiger partial charge in [-0.1, -0.05) is 29.8 Å². The third-order valence-corrected chi connectivity index (χ3v) is 3.24. The molecule has 0 bridgehead atoms. The summed E-state index contributed by atoms with van der Waals surface area (Å²) in [5.74, 6) is 6.00. The molecule has 0 heterocycles. The molecule has 0 aromatic heterocycles. The maximum absolute atomic E-state index is 11.0. The zero-order chi connectivity index (χ0) is 15.4. The summed E-state index contributed by atoms with van der Waals surface area (Å²) in [4.78, 5) is 10.5. The number of nitro groups is 1. The van der Waals surface area contributed by atoms with Gasteiger partial charge in [-0.2, -0.15) is 0 Å². The number of halogens is 1. The number of ether oxygens (including phenoxy) is 1. The summed E-state index contributed by atoms with van der Waals surface area (Å²) in [5.41, 5.74) is 4.01. The second kappa shape index (κ2) is 6.43. The van der Waals surface area contributed by atoms with Crippen LogP contribution in [-0.2, 0) is 6.61 Å². The Balaban J connectivity index is 2.26. The van der Waals surface area contributed by atoms with Crippen LogP contribution in [0.5, 0.6) is 5.75 Å². The van der Waals surface area contributed by atoms with E-state index in [1.807, 2.05) is 13.0 Å². The van der Waals surface area contributed by atoms with Gasteiger partial charge in [0.05, 0.1) is 4.92 Å². The van der Waals surface area contributed by atoms with Gasteiger partial charge >= 0.3 is 0 Å². The number of nitrogens with two attached hydrogens (primary N) is 1. The molecular formula is C14H14ClN3O3. The normalized spacial score (nSPS) is 10.2. The summed E-state index contributed by atoms with van der Waals surface area (Å²) >= 11 is 5.92. The van der Waals surface area contributed by atoms with Gasteiger partial charge in [0, 0.05) is 16.7 Å². The second-order valence-electron chi connectivity index (χ2n) is 4.41. The van der Waals surface area contributed by atoms with Crippen LogP contribution in [0.1, 0.15) is 11.1 Å². The molecule has 21 heavy (non-hydrogen) atoms. The maximum atomic E-state index is 11.0. The molecule has 0 aliphatic heterocycles. The van der Waals surface area contributed by atoms with Gasteiger partial charge in [-0.15, -0.1) is 0 Å². The summed E-state index contributed by atoms with van der Waals surface area (Å²) in [5, 5.41) is 11.5. The fourth-order valence-electron chi connectivity index (χ4n) is 1.91. The van der Waals surface area contributed by atoms with Gasteiger partial charge < -0.3 is 10.2 Å². The lowest BCUT2D eigenvalue weighted by Crippen LogP contribution is -2.12. The fraction of sp³-hybridized carbons (Fsp3) is 0.143. The van der Waals surface area contributed by atoms with Gasteiger partial charge in [-0.3, -0.25) is 16.0 Å². The van der Waals surface area contributed by atoms with Crippen molar-refractivity contribution in [3.05, 3.63) is 62.7 Å². The van der Waals surface area contributed by atoms with Gasteiger partial charge in [0.1, 0.15) is 18.0 Å². The monoisotopic (exact) mass is 307 g/mol. The van der Waals surface area contributed by atoms with Crippen LogP contribution < -0.4 is 16.0 Å². The molecule has 7 heteroatoms. The van der Waals surface area contributed by atoms with E-state index < -0.39 is 4.92 Å². The van der Waals surface area contributed by atoms with Gasteiger partial charge in [0.2, 0.25) is 0 Å². The topological polar surface area (TPSA) is 90.4 Å². The van der Waals surface area contributed by atoms with Gasteiger partial charge in [-0.25, -0.2) is 0 Å². The van der Waals surface area contributed by atoms with Crippen molar-refractivity contribution < 1.29 is 9.66 Å². The Kier molecular flexibility index (Phi) is 4.62. The largest absolute Gasteiger partial charge is 0.488 e. The minimum absolute atomic E-state index is 0.0959. The number of rotatable bonds is 5. The summed E-state index contributed by atoms with van der Waals surface area (Å²) in [6.45, 7) is 2.03. The Bertz CT molecular complexity index is 677. The molecule has 0 unspecified atom stereocenters. The molecule has 0 saturated heterocycles. The van der Waals surface area contributed by atoms with E-state index in [1.54, 1.807) is 24.3 Å². The standard InChI is InChI=1S/C14H14ClN3O3/c1-9-5-6-11(15)7-13(9)21-8-10-3-2-4-12(18(19)20)14(10)17-16/h2-7,17H,8,16H2,1H3. The van der Waals surface area contributed by atoms with Crippen molar-refractivity contribution >= 4 is 23.0 Å². The number of nitro benzene ring substituents is 1. The minimum Gasteiger partial charge on any atom is -0.488 e. The van der Waals surface area contributed by atoms with Crippen LogP contribution in [0.3, 0.4) is 0 Å². The molecule has 0 amide bonds. The molecule has 0 aliphatic carbocycles. The van der Waals surface area contributed by atoms with E-state index >= 15 is 0 Å². The first-order chi connectivity index (χ1) is 10.0. The molecule has 110 valence electrons. The third kappa shape index (κ3) is 3.42. The zero-order valence-electron chi connectivity index (χ0n) is 11.3. The van der Waals surface area contributed by atoms with Crippen molar-refractivity contribution in [3.63, 3.8) is 0 Å². The average molecular weight is 308 g/mol. The Morgan fingerprint density at radius 2 is 2.14 bits per heavy atom. The van der Waals surface area contributed by atoms with Crippen LogP contribution in [0, 0.1) is 17.0 Å². The molecular weight excluding hydrogens is 294 g/mol. The summed E-state index contributed by atoms with van der Waals surface area (Å²) in [6.07, 6.45) is 0. The maximum Gasteiger partial charge on any atom is 0.294 e. The minimum atomic E-state index is -0.497. The molecule has 0 spiro atoms. The molecule has 2 aromatic rings. The quantitative estimate of drug-likeness (QED) is 0.502. The van der Waals surface area contributed by atoms with Crippen LogP contribution in [0.4, 0.5) is 11.4 Å². The van der Waals surface area contributed by atoms with Crippen LogP contribution in [0.2, 0.25) is 5.02 Å². The number of hydrazine groups is 1. The smallest absolute Gasteiger partial charge is 0.294 e. The lowest BCUT2D eigenvalue weighted by atomic mass is 10.1. The van der Waals surface area contributed by atoms with Crippen molar-refractivity contribution in [2.75, 3.05) is 5.43 Å². The second-order valence-corrected chi connectivity index (χ2v) is 4.85. The fourth-order valence-corrected chi connectivity index (χ4v) is 2.07. The van der Waals surface area contributed by atoms with Gasteiger partial charge in [-0.05, 0) is 24.6 Å². The molecule has 0 fully saturated rings. The first kappa shape index (κ1) is 15.1. The molecule has 0 atom stereocenters. The van der Waals surface area contributed by atoms with Crippen LogP contribution in [0.15, 0.2) is 36.4 Å². The predicted octanol–water partition coefficient (Wildman–Crippen LogP) is 3.42. The van der Waals surface area contributed by atoms with E-state index in [9.17, 15) is 10.1 Å². The SMILES string of the molecule is Cc1ccc(Cl)cc1OCc1cccc([N+](=O)[O-])c1NN. The highest BCUT2D eigenvalue weighted by Gasteiger charge is 2.16. The van der Waals surface area contributed by atoms with Crippen molar-refractivity contribution in [1.29, 1.82) is 0 Å². The third-order valence-electron chi connectivity index (χ3n) is 3.00. The average Bonchev–Trinajstić information content (AvgIpc) is 2.47. The molecule has 0 saturated carbocycles. The van der Waals surface area contributed by atoms with Crippen molar-refractivity contribution in [1.82, 2.24) is 0 Å². The Labute approximate surface area is 126 Å². The van der Waals surface area contributed by atoms with Crippen molar-refractivity contribution in [2.45, 2.75) is 13.5 Å². The molecule has 2 aromatic carbocycles. The summed E-state index contributed by atoms with van der Waals surface area (Å²) in [7, 11) is 0. The van der Waals surface area contributed by atoms with Crippen LogP contribution in [0.25, 0.3) is 0 Å². The van der Waals surface area contributed by atoms with E-state index in [-0.39, 0.29) is 18.0 Å². The van der Waals surface area contributed by atoms with E-state index in [4.69, 9.17) is 22.2 Å². The molecule has 2 rings (SSSR count). The molecule has 3 N–H and O–H groups in total. The number of benzene rings is 2. The van der Waals surface area contributed by atoms with Crippen LogP contribution in [-0.4, -0.2) is 4.92 Å². The zero-order valence-corrected chi connectivity index (χ0v) is 12.1. The molecule has 0 radical (unpaired) electrons. The number of para-hydroxylation sites is 1. The summed E-state index contributed by atoms with van der Waals surface area (Å²) < 4.78 is 5.68. The number of hydrogen-bond acceptors (Lipinski definition) is 5. The van der Waals surface area contributed by atoms with Crippen molar-refractivity contribution in [2.24, 2.45) is 5.84 Å². The lowest BCUT2D eigenvalue weighted by Gasteiger charge is -2.12. The van der Waals surface area contributed by atoms with Crippen LogP contribution >= 0.6 is 11.6 Å². The number of aryl methyl sites for hydroxylation is 1. The Hall–Kier alpha value is -2.31. The summed E-state index contributed by atoms with van der Waals surface area (Å²) in [6, 6.07) is 9.98. The van der Waals surface area contributed by atoms with Gasteiger partial charge in [0.25, 0.3) is 5.69 Å². The first-order valence-corrected chi connectivity index (χ1v) is 6.52. The molecule has 6 nitrogen and oxygen atoms in total. The van der Waals surface area contributed by atoms with E-state index in [1.165, 1.54) is 6.07 Å². The number of nitrogen functional groups attached to an aromatic ring is 1. The Morgan fingerprint density at radius 3 is 2.81 bits per heavy atom. The van der Waals surface area contributed by atoms with E-state index in [0.29, 0.717) is 16.3 Å². The number of hydrogen-bond donors (Lipinski definition) is 2. The lowest BCUT2D eigenvalue weighted by molar-refractivity contribution is -0.384. The first-order valence-electron chi connectivity index (χ1n) is 6.14. The highest BCUT2D eigenvalue weighted by atomic mass is 35.5. The number of anilines is 1. The molecule has 0 aliphatic rings. The number of nitrogens with one attached hydrogen (secondary N) is 1. The van der Waals surface area contributed by atoms with Gasteiger partial charge in [0.15, 0.2) is 0 Å². The van der Waals surface area contributed by atoms with Crippen molar-refractivity contribution in [3.8, 4) is 5.75 Å². The Morgan fingerprint density at radius 1 is 1.38 bits per heavy atom.